The van der Waals surface area contributed by atoms with Crippen LogP contribution in [0.2, 0.25) is 5.02 Å². The molecule has 0 N–H and O–H groups in total. The first-order valence-electron chi connectivity index (χ1n) is 7.25. The molecule has 2 atom stereocenters. The van der Waals surface area contributed by atoms with Gasteiger partial charge in [-0.1, -0.05) is 29.8 Å². The summed E-state index contributed by atoms with van der Waals surface area (Å²) in [6.45, 7) is 3.67. The van der Waals surface area contributed by atoms with E-state index >= 15 is 0 Å². The number of hydrogen-bond donors (Lipinski definition) is 0. The zero-order valence-corrected chi connectivity index (χ0v) is 14.0. The molecule has 0 bridgehead atoms. The average molecular weight is 336 g/mol. The lowest BCUT2D eigenvalue weighted by atomic mass is 9.78. The molecule has 1 aliphatic heterocycles. The van der Waals surface area contributed by atoms with Crippen LogP contribution in [0.5, 0.6) is 0 Å². The predicted octanol–water partition coefficient (Wildman–Crippen LogP) is 3.13. The van der Waals surface area contributed by atoms with Gasteiger partial charge in [0.25, 0.3) is 0 Å². The van der Waals surface area contributed by atoms with Crippen molar-refractivity contribution < 1.29 is 19.1 Å². The second-order valence-electron chi connectivity index (χ2n) is 5.05. The van der Waals surface area contributed by atoms with Gasteiger partial charge in [0.05, 0.1) is 19.3 Å². The molecule has 0 fully saturated rings. The van der Waals surface area contributed by atoms with Gasteiger partial charge in [0.2, 0.25) is 0 Å². The van der Waals surface area contributed by atoms with Gasteiger partial charge in [0, 0.05) is 22.9 Å². The van der Waals surface area contributed by atoms with Gasteiger partial charge in [-0.25, -0.2) is 4.79 Å². The highest BCUT2D eigenvalue weighted by molar-refractivity contribution is 6.31. The number of hydrogen-bond acceptors (Lipinski definition) is 5. The van der Waals surface area contributed by atoms with Crippen LogP contribution in [0.25, 0.3) is 0 Å². The molecule has 0 radical (unpaired) electrons. The maximum absolute atomic E-state index is 12.3. The van der Waals surface area contributed by atoms with Crippen LogP contribution in [0.1, 0.15) is 25.3 Å². The minimum absolute atomic E-state index is 0.245. The molecule has 23 heavy (non-hydrogen) atoms. The Labute approximate surface area is 139 Å². The number of halogens is 1. The summed E-state index contributed by atoms with van der Waals surface area (Å²) in [6.07, 6.45) is 1.51. The van der Waals surface area contributed by atoms with Crippen LogP contribution < -0.4 is 0 Å². The maximum atomic E-state index is 12.3. The van der Waals surface area contributed by atoms with Crippen molar-refractivity contribution in [3.63, 3.8) is 0 Å². The maximum Gasteiger partial charge on any atom is 0.336 e. The van der Waals surface area contributed by atoms with Crippen LogP contribution in [-0.2, 0) is 19.1 Å². The third-order valence-corrected chi connectivity index (χ3v) is 4.04. The molecule has 6 heteroatoms. The Hall–Kier alpha value is -2.14. The van der Waals surface area contributed by atoms with Crippen molar-refractivity contribution in [1.29, 1.82) is 0 Å². The molecule has 122 valence electrons. The lowest BCUT2D eigenvalue weighted by Crippen LogP contribution is -2.32. The van der Waals surface area contributed by atoms with Crippen LogP contribution in [0, 0.1) is 5.92 Å². The molecule has 1 heterocycles. The second-order valence-corrected chi connectivity index (χ2v) is 5.45. The Morgan fingerprint density at radius 2 is 2.00 bits per heavy atom. The first kappa shape index (κ1) is 17.2. The fourth-order valence-corrected chi connectivity index (χ4v) is 2.90. The van der Waals surface area contributed by atoms with E-state index in [1.165, 1.54) is 13.3 Å². The number of methoxy groups -OCH3 is 1. The van der Waals surface area contributed by atoms with Gasteiger partial charge < -0.3 is 9.47 Å². The van der Waals surface area contributed by atoms with E-state index in [-0.39, 0.29) is 6.61 Å². The van der Waals surface area contributed by atoms with Crippen LogP contribution >= 0.6 is 11.6 Å². The molecular weight excluding hydrogens is 318 g/mol. The Balaban J connectivity index is 2.59. The van der Waals surface area contributed by atoms with Crippen LogP contribution in [-0.4, -0.2) is 31.9 Å². The summed E-state index contributed by atoms with van der Waals surface area (Å²) < 4.78 is 10.00. The molecule has 1 aromatic carbocycles. The molecule has 0 aromatic heterocycles. The summed E-state index contributed by atoms with van der Waals surface area (Å²) in [5.74, 6) is -2.30. The lowest BCUT2D eigenvalue weighted by molar-refractivity contribution is -0.146. The largest absolute Gasteiger partial charge is 0.466 e. The van der Waals surface area contributed by atoms with E-state index in [1.807, 2.05) is 0 Å². The Bertz CT molecular complexity index is 681. The number of benzene rings is 1. The molecule has 0 saturated carbocycles. The molecular formula is C17H18ClNO4. The van der Waals surface area contributed by atoms with Crippen molar-refractivity contribution in [2.24, 2.45) is 10.9 Å². The number of ether oxygens (including phenoxy) is 2. The zero-order valence-electron chi connectivity index (χ0n) is 13.2. The molecule has 1 aliphatic rings. The van der Waals surface area contributed by atoms with Crippen LogP contribution in [0.4, 0.5) is 0 Å². The van der Waals surface area contributed by atoms with E-state index in [1.54, 1.807) is 38.1 Å². The van der Waals surface area contributed by atoms with Gasteiger partial charge in [-0.05, 0) is 25.5 Å². The first-order valence-corrected chi connectivity index (χ1v) is 7.63. The standard InChI is InChI=1S/C17H18ClNO4/c1-4-23-16(20)12-9-19-10(2)14(17(21)22-3)15(12)11-7-5-6-8-13(11)18/h5-9,12,15H,4H2,1-3H3. The summed E-state index contributed by atoms with van der Waals surface area (Å²) >= 11 is 6.29. The molecule has 0 amide bonds. The molecule has 2 unspecified atom stereocenters. The SMILES string of the molecule is CCOC(=O)C1C=NC(C)=C(C(=O)OC)C1c1ccccc1Cl. The van der Waals surface area contributed by atoms with E-state index < -0.39 is 23.8 Å². The van der Waals surface area contributed by atoms with Gasteiger partial charge in [-0.3, -0.25) is 9.79 Å². The van der Waals surface area contributed by atoms with Gasteiger partial charge in [0.1, 0.15) is 5.92 Å². The summed E-state index contributed by atoms with van der Waals surface area (Å²) in [7, 11) is 1.30. The smallest absolute Gasteiger partial charge is 0.336 e. The highest BCUT2D eigenvalue weighted by Crippen LogP contribution is 2.40. The van der Waals surface area contributed by atoms with Gasteiger partial charge >= 0.3 is 11.9 Å². The number of carbonyl (C=O) groups excluding carboxylic acids is 2. The number of rotatable bonds is 4. The van der Waals surface area contributed by atoms with Crippen molar-refractivity contribution in [2.75, 3.05) is 13.7 Å². The average Bonchev–Trinajstić information content (AvgIpc) is 2.54. The molecule has 0 spiro atoms. The summed E-state index contributed by atoms with van der Waals surface area (Å²) in [5.41, 5.74) is 1.49. The van der Waals surface area contributed by atoms with Crippen LogP contribution in [0.15, 0.2) is 40.5 Å². The normalized spacial score (nSPS) is 20.3. The predicted molar refractivity (Wildman–Crippen MR) is 87.5 cm³/mol. The van der Waals surface area contributed by atoms with Crippen molar-refractivity contribution in [3.05, 3.63) is 46.1 Å². The first-order chi connectivity index (χ1) is 11.0. The highest BCUT2D eigenvalue weighted by Gasteiger charge is 2.40. The summed E-state index contributed by atoms with van der Waals surface area (Å²) in [4.78, 5) is 28.8. The van der Waals surface area contributed by atoms with Crippen molar-refractivity contribution in [3.8, 4) is 0 Å². The monoisotopic (exact) mass is 335 g/mol. The highest BCUT2D eigenvalue weighted by atomic mass is 35.5. The van der Waals surface area contributed by atoms with E-state index in [4.69, 9.17) is 21.1 Å². The fourth-order valence-electron chi connectivity index (χ4n) is 2.65. The number of aliphatic imine (C=N–C) groups is 1. The van der Waals surface area contributed by atoms with E-state index in [0.717, 1.165) is 0 Å². The number of allylic oxidation sites excluding steroid dienone is 1. The number of nitrogens with zero attached hydrogens (tertiary/aromatic N) is 1. The number of carbonyl (C=O) groups is 2. The van der Waals surface area contributed by atoms with Crippen molar-refractivity contribution in [1.82, 2.24) is 0 Å². The summed E-state index contributed by atoms with van der Waals surface area (Å²) in [5, 5.41) is 0.469. The second kappa shape index (κ2) is 7.42. The van der Waals surface area contributed by atoms with E-state index in [0.29, 0.717) is 21.9 Å². The molecule has 1 aromatic rings. The Morgan fingerprint density at radius 3 is 2.61 bits per heavy atom. The van der Waals surface area contributed by atoms with Crippen molar-refractivity contribution >= 4 is 29.8 Å². The van der Waals surface area contributed by atoms with Gasteiger partial charge in [0.15, 0.2) is 0 Å². The Morgan fingerprint density at radius 1 is 1.30 bits per heavy atom. The molecule has 5 nitrogen and oxygen atoms in total. The van der Waals surface area contributed by atoms with Crippen molar-refractivity contribution in [2.45, 2.75) is 19.8 Å². The quantitative estimate of drug-likeness (QED) is 0.793. The van der Waals surface area contributed by atoms with E-state index in [9.17, 15) is 9.59 Å². The molecule has 2 rings (SSSR count). The third-order valence-electron chi connectivity index (χ3n) is 3.69. The van der Waals surface area contributed by atoms with Crippen LogP contribution in [0.3, 0.4) is 0 Å². The van der Waals surface area contributed by atoms with Gasteiger partial charge in [-0.2, -0.15) is 0 Å². The minimum atomic E-state index is -0.729. The third kappa shape index (κ3) is 3.45. The molecule has 0 saturated heterocycles. The Kier molecular flexibility index (Phi) is 5.55. The zero-order chi connectivity index (χ0) is 17.0. The van der Waals surface area contributed by atoms with E-state index in [2.05, 4.69) is 4.99 Å². The molecule has 0 aliphatic carbocycles. The lowest BCUT2D eigenvalue weighted by Gasteiger charge is -2.29. The topological polar surface area (TPSA) is 65.0 Å². The fraction of sp³-hybridized carbons (Fsp3) is 0.353. The summed E-state index contributed by atoms with van der Waals surface area (Å²) in [6, 6.07) is 7.10. The number of esters is 2. The minimum Gasteiger partial charge on any atom is -0.466 e. The van der Waals surface area contributed by atoms with Gasteiger partial charge in [-0.15, -0.1) is 0 Å².